The molecule has 0 saturated heterocycles. The van der Waals surface area contributed by atoms with E-state index < -0.39 is 0 Å². The van der Waals surface area contributed by atoms with Gasteiger partial charge in [0.05, 0.1) is 0 Å². The van der Waals surface area contributed by atoms with Crippen molar-refractivity contribution in [3.63, 3.8) is 0 Å². The van der Waals surface area contributed by atoms with E-state index in [-0.39, 0.29) is 5.41 Å². The average molecular weight is 262 g/mol. The van der Waals surface area contributed by atoms with Crippen molar-refractivity contribution in [3.05, 3.63) is 35.4 Å². The van der Waals surface area contributed by atoms with Gasteiger partial charge in [-0.25, -0.2) is 0 Å². The lowest BCUT2D eigenvalue weighted by Crippen LogP contribution is -2.38. The maximum atomic E-state index is 5.81. The molecule has 0 radical (unpaired) electrons. The van der Waals surface area contributed by atoms with Gasteiger partial charge in [-0.1, -0.05) is 57.5 Å². The van der Waals surface area contributed by atoms with Gasteiger partial charge in [0.15, 0.2) is 0 Å². The molecule has 3 N–H and O–H groups in total. The van der Waals surface area contributed by atoms with Gasteiger partial charge in [0.1, 0.15) is 0 Å². The molecule has 0 aliphatic rings. The first-order chi connectivity index (χ1) is 8.86. The summed E-state index contributed by atoms with van der Waals surface area (Å²) < 4.78 is 0. The van der Waals surface area contributed by atoms with Crippen LogP contribution in [0.1, 0.15) is 38.8 Å². The van der Waals surface area contributed by atoms with Crippen LogP contribution in [-0.4, -0.2) is 19.6 Å². The Hall–Kier alpha value is -0.860. The molecule has 0 saturated carbocycles. The molecule has 1 aromatic rings. The second-order valence-electron chi connectivity index (χ2n) is 6.62. The topological polar surface area (TPSA) is 38.0 Å². The van der Waals surface area contributed by atoms with Gasteiger partial charge in [0.2, 0.25) is 0 Å². The Morgan fingerprint density at radius 3 is 2.21 bits per heavy atom. The van der Waals surface area contributed by atoms with Crippen LogP contribution < -0.4 is 11.1 Å². The lowest BCUT2D eigenvalue weighted by molar-refractivity contribution is 0.352. The molecule has 0 aliphatic heterocycles. The van der Waals surface area contributed by atoms with Gasteiger partial charge in [-0.15, -0.1) is 0 Å². The Morgan fingerprint density at radius 2 is 1.74 bits per heavy atom. The number of hydrogen-bond acceptors (Lipinski definition) is 2. The molecule has 0 bridgehead atoms. The minimum Gasteiger partial charge on any atom is -0.330 e. The van der Waals surface area contributed by atoms with Gasteiger partial charge in [0, 0.05) is 12.0 Å². The zero-order chi connectivity index (χ0) is 14.5. The predicted octanol–water partition coefficient (Wildman–Crippen LogP) is 3.09. The molecule has 1 atom stereocenters. The molecule has 1 rings (SSSR count). The zero-order valence-corrected chi connectivity index (χ0v) is 13.2. The van der Waals surface area contributed by atoms with Crippen molar-refractivity contribution in [3.8, 4) is 0 Å². The maximum Gasteiger partial charge on any atom is 0.00433 e. The molecule has 108 valence electrons. The largest absolute Gasteiger partial charge is 0.330 e. The third kappa shape index (κ3) is 4.96. The smallest absolute Gasteiger partial charge is 0.00433 e. The number of nitrogens with one attached hydrogen (secondary N) is 1. The van der Waals surface area contributed by atoms with Crippen LogP contribution >= 0.6 is 0 Å². The molecule has 0 spiro atoms. The molecule has 19 heavy (non-hydrogen) atoms. The maximum absolute atomic E-state index is 5.81. The van der Waals surface area contributed by atoms with Gasteiger partial charge in [-0.2, -0.15) is 0 Å². The summed E-state index contributed by atoms with van der Waals surface area (Å²) in [5, 5.41) is 3.59. The van der Waals surface area contributed by atoms with Crippen LogP contribution in [0.5, 0.6) is 0 Å². The first-order valence-corrected chi connectivity index (χ1v) is 7.34. The summed E-state index contributed by atoms with van der Waals surface area (Å²) in [5.41, 5.74) is 8.67. The van der Waals surface area contributed by atoms with Crippen LogP contribution in [0.15, 0.2) is 24.3 Å². The molecule has 0 fully saturated rings. The molecule has 1 aromatic carbocycles. The summed E-state index contributed by atoms with van der Waals surface area (Å²) in [6.07, 6.45) is 0. The fourth-order valence-corrected chi connectivity index (χ4v) is 2.27. The van der Waals surface area contributed by atoms with E-state index in [1.165, 1.54) is 11.1 Å². The van der Waals surface area contributed by atoms with Gasteiger partial charge in [0.25, 0.3) is 0 Å². The lowest BCUT2D eigenvalue weighted by atomic mass is 9.84. The van der Waals surface area contributed by atoms with Crippen molar-refractivity contribution in [1.29, 1.82) is 0 Å². The Kier molecular flexibility index (Phi) is 6.02. The summed E-state index contributed by atoms with van der Waals surface area (Å²) in [4.78, 5) is 0. The molecule has 0 amide bonds. The van der Waals surface area contributed by atoms with Crippen LogP contribution in [0.3, 0.4) is 0 Å². The molecular formula is C17H30N2. The highest BCUT2D eigenvalue weighted by molar-refractivity contribution is 5.27. The molecule has 0 aromatic heterocycles. The van der Waals surface area contributed by atoms with Crippen LogP contribution in [0.4, 0.5) is 0 Å². The predicted molar refractivity (Wildman–Crippen MR) is 84.5 cm³/mol. The number of benzene rings is 1. The highest BCUT2D eigenvalue weighted by atomic mass is 14.9. The van der Waals surface area contributed by atoms with Crippen LogP contribution in [0.2, 0.25) is 0 Å². The number of nitrogens with two attached hydrogens (primary N) is 1. The minimum atomic E-state index is 0.157. The van der Waals surface area contributed by atoms with E-state index in [4.69, 9.17) is 5.73 Å². The third-order valence-electron chi connectivity index (χ3n) is 4.05. The average Bonchev–Trinajstić information content (AvgIpc) is 2.34. The van der Waals surface area contributed by atoms with Gasteiger partial charge in [-0.3, -0.25) is 0 Å². The quantitative estimate of drug-likeness (QED) is 0.792. The summed E-state index contributed by atoms with van der Waals surface area (Å²) in [6, 6.07) is 8.85. The second-order valence-corrected chi connectivity index (χ2v) is 6.62. The lowest BCUT2D eigenvalue weighted by Gasteiger charge is -2.28. The van der Waals surface area contributed by atoms with E-state index in [1.807, 2.05) is 0 Å². The Bertz CT molecular complexity index is 365. The molecule has 2 heteroatoms. The monoisotopic (exact) mass is 262 g/mol. The highest BCUT2D eigenvalue weighted by Crippen LogP contribution is 2.22. The molecule has 1 unspecified atom stereocenters. The van der Waals surface area contributed by atoms with Gasteiger partial charge < -0.3 is 11.1 Å². The molecular weight excluding hydrogens is 232 g/mol. The van der Waals surface area contributed by atoms with Gasteiger partial charge in [-0.05, 0) is 37.4 Å². The van der Waals surface area contributed by atoms with Crippen molar-refractivity contribution >= 4 is 0 Å². The summed E-state index contributed by atoms with van der Waals surface area (Å²) in [7, 11) is 0. The number of rotatable bonds is 7. The van der Waals surface area contributed by atoms with E-state index in [0.29, 0.717) is 11.8 Å². The number of aryl methyl sites for hydroxylation is 1. The Morgan fingerprint density at radius 1 is 1.16 bits per heavy atom. The fourth-order valence-electron chi connectivity index (χ4n) is 2.27. The summed E-state index contributed by atoms with van der Waals surface area (Å²) in [6.45, 7) is 13.9. The van der Waals surface area contributed by atoms with E-state index in [0.717, 1.165) is 19.6 Å². The van der Waals surface area contributed by atoms with Crippen LogP contribution in [-0.2, 0) is 5.41 Å². The molecule has 0 heterocycles. The first kappa shape index (κ1) is 16.2. The minimum absolute atomic E-state index is 0.157. The molecule has 0 aliphatic carbocycles. The van der Waals surface area contributed by atoms with Crippen LogP contribution in [0.25, 0.3) is 0 Å². The van der Waals surface area contributed by atoms with E-state index >= 15 is 0 Å². The number of hydrogen-bond donors (Lipinski definition) is 2. The van der Waals surface area contributed by atoms with E-state index in [1.54, 1.807) is 0 Å². The van der Waals surface area contributed by atoms with Crippen molar-refractivity contribution in [2.75, 3.05) is 19.6 Å². The Labute approximate surface area is 118 Å². The first-order valence-electron chi connectivity index (χ1n) is 7.34. The van der Waals surface area contributed by atoms with Crippen molar-refractivity contribution in [1.82, 2.24) is 5.32 Å². The van der Waals surface area contributed by atoms with E-state index in [9.17, 15) is 0 Å². The summed E-state index contributed by atoms with van der Waals surface area (Å²) >= 11 is 0. The summed E-state index contributed by atoms with van der Waals surface area (Å²) in [5.74, 6) is 1.20. The van der Waals surface area contributed by atoms with E-state index in [2.05, 4.69) is 64.2 Å². The normalized spacial score (nSPS) is 13.8. The van der Waals surface area contributed by atoms with Crippen molar-refractivity contribution in [2.45, 2.75) is 40.0 Å². The molecule has 2 nitrogen and oxygen atoms in total. The van der Waals surface area contributed by atoms with Crippen molar-refractivity contribution < 1.29 is 0 Å². The van der Waals surface area contributed by atoms with Gasteiger partial charge >= 0.3 is 0 Å². The SMILES string of the molecule is Cc1ccc(C(C)(C)CNCC(CN)C(C)C)cc1. The Balaban J connectivity index is 2.53. The standard InChI is InChI=1S/C17H30N2/c1-13(2)15(10-18)11-19-12-17(4,5)16-8-6-14(3)7-9-16/h6-9,13,15,19H,10-12,18H2,1-5H3. The third-order valence-corrected chi connectivity index (χ3v) is 4.05. The highest BCUT2D eigenvalue weighted by Gasteiger charge is 2.21. The van der Waals surface area contributed by atoms with Crippen LogP contribution in [0, 0.1) is 18.8 Å². The fraction of sp³-hybridized carbons (Fsp3) is 0.647. The zero-order valence-electron chi connectivity index (χ0n) is 13.2. The second kappa shape index (κ2) is 7.06. The van der Waals surface area contributed by atoms with Crippen molar-refractivity contribution in [2.24, 2.45) is 17.6 Å².